The Bertz CT molecular complexity index is 263. The van der Waals surface area contributed by atoms with Crippen molar-refractivity contribution >= 4 is 6.08 Å². The molecule has 0 spiro atoms. The third-order valence-corrected chi connectivity index (χ3v) is 1.74. The summed E-state index contributed by atoms with van der Waals surface area (Å²) in [5, 5.41) is 0. The number of nitrogens with two attached hydrogens (primary N) is 1. The van der Waals surface area contributed by atoms with Crippen molar-refractivity contribution in [3.05, 3.63) is 42.0 Å². The molecule has 1 rings (SSSR count). The fourth-order valence-corrected chi connectivity index (χ4v) is 1.22. The molecule has 0 aliphatic rings. The van der Waals surface area contributed by atoms with E-state index in [0.29, 0.717) is 0 Å². The molecule has 0 saturated heterocycles. The quantitative estimate of drug-likeness (QED) is 0.722. The molecule has 1 heteroatoms. The van der Waals surface area contributed by atoms with Gasteiger partial charge < -0.3 is 5.73 Å². The molecule has 1 unspecified atom stereocenters. The average molecular weight is 161 g/mol. The topological polar surface area (TPSA) is 26.0 Å². The number of benzene rings is 1. The summed E-state index contributed by atoms with van der Waals surface area (Å²) in [6.45, 7) is 5.73. The van der Waals surface area contributed by atoms with Gasteiger partial charge in [-0.15, -0.1) is 0 Å². The average Bonchev–Trinajstić information content (AvgIpc) is 2.03. The molecule has 0 saturated carbocycles. The minimum atomic E-state index is 0.227. The third-order valence-electron chi connectivity index (χ3n) is 1.74. The molecule has 0 heterocycles. The molecule has 0 aliphatic heterocycles. The van der Waals surface area contributed by atoms with Crippen molar-refractivity contribution in [2.24, 2.45) is 5.73 Å². The predicted octanol–water partition coefficient (Wildman–Crippen LogP) is 2.22. The second-order valence-corrected chi connectivity index (χ2v) is 3.13. The summed E-state index contributed by atoms with van der Waals surface area (Å²) >= 11 is 0. The van der Waals surface area contributed by atoms with E-state index in [-0.39, 0.29) is 6.04 Å². The summed E-state index contributed by atoms with van der Waals surface area (Å²) in [6.07, 6.45) is 2.78. The van der Waals surface area contributed by atoms with Gasteiger partial charge in [0.05, 0.1) is 0 Å². The summed E-state index contributed by atoms with van der Waals surface area (Å²) in [7, 11) is 0. The van der Waals surface area contributed by atoms with Crippen LogP contribution >= 0.6 is 0 Å². The van der Waals surface area contributed by atoms with Crippen LogP contribution in [-0.4, -0.2) is 6.04 Å². The van der Waals surface area contributed by atoms with Crippen LogP contribution in [0.2, 0.25) is 0 Å². The van der Waals surface area contributed by atoms with Crippen molar-refractivity contribution in [1.29, 1.82) is 0 Å². The lowest BCUT2D eigenvalue weighted by Gasteiger charge is -2.05. The number of rotatable bonds is 3. The molecular formula is C11H15N. The number of hydrogen-bond acceptors (Lipinski definition) is 1. The van der Waals surface area contributed by atoms with Crippen LogP contribution in [0.1, 0.15) is 18.1 Å². The standard InChI is InChI=1S/C11H15N/c1-3-10-5-4-6-11(8-10)7-9(2)12/h3-6,8-9H,1,7,12H2,2H3. The Hall–Kier alpha value is -1.08. The van der Waals surface area contributed by atoms with Gasteiger partial charge in [0.1, 0.15) is 0 Å². The monoisotopic (exact) mass is 161 g/mol. The van der Waals surface area contributed by atoms with Gasteiger partial charge >= 0.3 is 0 Å². The number of hydrogen-bond donors (Lipinski definition) is 1. The van der Waals surface area contributed by atoms with Crippen LogP contribution in [-0.2, 0) is 6.42 Å². The molecule has 0 radical (unpaired) electrons. The molecule has 1 nitrogen and oxygen atoms in total. The zero-order valence-corrected chi connectivity index (χ0v) is 7.46. The highest BCUT2D eigenvalue weighted by molar-refractivity contribution is 5.47. The van der Waals surface area contributed by atoms with Crippen molar-refractivity contribution in [2.45, 2.75) is 19.4 Å². The van der Waals surface area contributed by atoms with Gasteiger partial charge in [0.25, 0.3) is 0 Å². The first-order valence-corrected chi connectivity index (χ1v) is 4.19. The zero-order valence-electron chi connectivity index (χ0n) is 7.46. The zero-order chi connectivity index (χ0) is 8.97. The normalized spacial score (nSPS) is 12.5. The molecule has 1 aromatic carbocycles. The molecule has 0 bridgehead atoms. The van der Waals surface area contributed by atoms with Crippen LogP contribution in [0, 0.1) is 0 Å². The van der Waals surface area contributed by atoms with E-state index in [4.69, 9.17) is 5.73 Å². The maximum Gasteiger partial charge on any atom is 0.00509 e. The first kappa shape index (κ1) is 9.01. The Labute approximate surface area is 73.9 Å². The fraction of sp³-hybridized carbons (Fsp3) is 0.273. The Morgan fingerprint density at radius 3 is 2.92 bits per heavy atom. The van der Waals surface area contributed by atoms with E-state index in [2.05, 4.69) is 18.7 Å². The molecule has 12 heavy (non-hydrogen) atoms. The van der Waals surface area contributed by atoms with Gasteiger partial charge in [-0.25, -0.2) is 0 Å². The SMILES string of the molecule is C=Cc1cccc(CC(C)N)c1. The van der Waals surface area contributed by atoms with Crippen LogP contribution in [0.3, 0.4) is 0 Å². The summed E-state index contributed by atoms with van der Waals surface area (Å²) in [5.41, 5.74) is 8.13. The third kappa shape index (κ3) is 2.51. The van der Waals surface area contributed by atoms with Crippen molar-refractivity contribution < 1.29 is 0 Å². The highest BCUT2D eigenvalue weighted by Crippen LogP contribution is 2.07. The molecular weight excluding hydrogens is 146 g/mol. The highest BCUT2D eigenvalue weighted by Gasteiger charge is 1.97. The molecule has 0 aliphatic carbocycles. The van der Waals surface area contributed by atoms with Crippen molar-refractivity contribution in [3.63, 3.8) is 0 Å². The molecule has 1 aromatic rings. The van der Waals surface area contributed by atoms with Gasteiger partial charge in [-0.1, -0.05) is 36.9 Å². The van der Waals surface area contributed by atoms with E-state index in [1.54, 1.807) is 0 Å². The lowest BCUT2D eigenvalue weighted by molar-refractivity contribution is 0.738. The van der Waals surface area contributed by atoms with Gasteiger partial charge in [-0.3, -0.25) is 0 Å². The van der Waals surface area contributed by atoms with E-state index in [1.165, 1.54) is 5.56 Å². The Morgan fingerprint density at radius 1 is 1.58 bits per heavy atom. The van der Waals surface area contributed by atoms with E-state index >= 15 is 0 Å². The smallest absolute Gasteiger partial charge is 0.00509 e. The van der Waals surface area contributed by atoms with Gasteiger partial charge in [0.2, 0.25) is 0 Å². The van der Waals surface area contributed by atoms with E-state index in [9.17, 15) is 0 Å². The van der Waals surface area contributed by atoms with Gasteiger partial charge in [-0.05, 0) is 24.5 Å². The van der Waals surface area contributed by atoms with Gasteiger partial charge in [0, 0.05) is 6.04 Å². The lowest BCUT2D eigenvalue weighted by Crippen LogP contribution is -2.17. The van der Waals surface area contributed by atoms with Crippen LogP contribution < -0.4 is 5.73 Å². The molecule has 1 atom stereocenters. The minimum absolute atomic E-state index is 0.227. The maximum absolute atomic E-state index is 5.69. The second kappa shape index (κ2) is 4.07. The van der Waals surface area contributed by atoms with Gasteiger partial charge in [-0.2, -0.15) is 0 Å². The summed E-state index contributed by atoms with van der Waals surface area (Å²) in [5.74, 6) is 0. The molecule has 2 N–H and O–H groups in total. The fourth-order valence-electron chi connectivity index (χ4n) is 1.22. The predicted molar refractivity (Wildman–Crippen MR) is 53.9 cm³/mol. The largest absolute Gasteiger partial charge is 0.328 e. The molecule has 0 aromatic heterocycles. The molecule has 0 amide bonds. The van der Waals surface area contributed by atoms with Crippen LogP contribution in [0.25, 0.3) is 6.08 Å². The van der Waals surface area contributed by atoms with Crippen molar-refractivity contribution in [3.8, 4) is 0 Å². The first-order chi connectivity index (χ1) is 5.72. The summed E-state index contributed by atoms with van der Waals surface area (Å²) in [4.78, 5) is 0. The summed E-state index contributed by atoms with van der Waals surface area (Å²) < 4.78 is 0. The van der Waals surface area contributed by atoms with Crippen LogP contribution in [0.4, 0.5) is 0 Å². The van der Waals surface area contributed by atoms with E-state index < -0.39 is 0 Å². The van der Waals surface area contributed by atoms with Crippen molar-refractivity contribution in [2.75, 3.05) is 0 Å². The lowest BCUT2D eigenvalue weighted by atomic mass is 10.1. The van der Waals surface area contributed by atoms with E-state index in [0.717, 1.165) is 12.0 Å². The van der Waals surface area contributed by atoms with Crippen LogP contribution in [0.15, 0.2) is 30.8 Å². The first-order valence-electron chi connectivity index (χ1n) is 4.19. The van der Waals surface area contributed by atoms with E-state index in [1.807, 2.05) is 25.1 Å². The highest BCUT2D eigenvalue weighted by atomic mass is 14.6. The van der Waals surface area contributed by atoms with Crippen LogP contribution in [0.5, 0.6) is 0 Å². The Balaban J connectivity index is 2.79. The van der Waals surface area contributed by atoms with Crippen molar-refractivity contribution in [1.82, 2.24) is 0 Å². The summed E-state index contributed by atoms with van der Waals surface area (Å²) in [6, 6.07) is 8.52. The second-order valence-electron chi connectivity index (χ2n) is 3.13. The molecule has 0 fully saturated rings. The molecule has 64 valence electrons. The Morgan fingerprint density at radius 2 is 2.33 bits per heavy atom. The minimum Gasteiger partial charge on any atom is -0.328 e. The Kier molecular flexibility index (Phi) is 3.06. The maximum atomic E-state index is 5.69. The van der Waals surface area contributed by atoms with Gasteiger partial charge in [0.15, 0.2) is 0 Å².